The zero-order chi connectivity index (χ0) is 21.4. The highest BCUT2D eigenvalue weighted by molar-refractivity contribution is 7.99. The molecule has 0 aliphatic carbocycles. The van der Waals surface area contributed by atoms with Gasteiger partial charge < -0.3 is 14.5 Å². The summed E-state index contributed by atoms with van der Waals surface area (Å²) in [5.74, 6) is 2.87. The van der Waals surface area contributed by atoms with Crippen LogP contribution < -0.4 is 5.32 Å². The number of fused-ring (bicyclic) bond motifs is 1. The summed E-state index contributed by atoms with van der Waals surface area (Å²) in [6.07, 6.45) is -0.124. The van der Waals surface area contributed by atoms with Crippen LogP contribution in [0.3, 0.4) is 0 Å². The smallest absolute Gasteiger partial charge is 0.138 e. The fourth-order valence-electron chi connectivity index (χ4n) is 4.40. The largest absolute Gasteiger partial charge is 0.465 e. The van der Waals surface area contributed by atoms with Crippen molar-refractivity contribution in [1.82, 2.24) is 10.2 Å². The fraction of sp³-hybridized carbons (Fsp3) is 0.333. The normalized spacial score (nSPS) is 25.8. The van der Waals surface area contributed by atoms with Gasteiger partial charge >= 0.3 is 0 Å². The number of hydrogen-bond donors (Lipinski definition) is 1. The first-order valence-corrected chi connectivity index (χ1v) is 12.1. The zero-order valence-electron chi connectivity index (χ0n) is 17.2. The lowest BCUT2D eigenvalue weighted by atomic mass is 9.99. The Bertz CT molecular complexity index is 981. The molecule has 5 rings (SSSR count). The van der Waals surface area contributed by atoms with Gasteiger partial charge in [0.05, 0.1) is 24.1 Å². The van der Waals surface area contributed by atoms with Gasteiger partial charge in [-0.05, 0) is 54.4 Å². The molecule has 31 heavy (non-hydrogen) atoms. The highest BCUT2D eigenvalue weighted by Crippen LogP contribution is 2.55. The molecule has 0 saturated carbocycles. The van der Waals surface area contributed by atoms with Crippen molar-refractivity contribution in [3.63, 3.8) is 0 Å². The van der Waals surface area contributed by atoms with Crippen molar-refractivity contribution in [2.45, 2.75) is 30.6 Å². The molecule has 3 aromatic rings. The number of aryl methyl sites for hydroxylation is 1. The summed E-state index contributed by atoms with van der Waals surface area (Å²) < 4.78 is 12.1. The van der Waals surface area contributed by atoms with E-state index in [4.69, 9.17) is 32.4 Å². The van der Waals surface area contributed by atoms with Crippen molar-refractivity contribution in [3.8, 4) is 0 Å². The van der Waals surface area contributed by atoms with Crippen molar-refractivity contribution in [2.75, 3.05) is 18.9 Å². The van der Waals surface area contributed by atoms with Crippen LogP contribution in [0.25, 0.3) is 0 Å². The summed E-state index contributed by atoms with van der Waals surface area (Å²) in [5, 5.41) is 5.28. The van der Waals surface area contributed by atoms with Gasteiger partial charge in [0.15, 0.2) is 0 Å². The lowest BCUT2D eigenvalue weighted by molar-refractivity contribution is 0.0184. The van der Waals surface area contributed by atoms with E-state index in [9.17, 15) is 0 Å². The van der Waals surface area contributed by atoms with E-state index in [-0.39, 0.29) is 17.1 Å². The Hall–Kier alpha value is -1.47. The molecule has 4 nitrogen and oxygen atoms in total. The molecule has 0 bridgehead atoms. The van der Waals surface area contributed by atoms with Crippen molar-refractivity contribution >= 4 is 35.0 Å². The van der Waals surface area contributed by atoms with E-state index in [0.29, 0.717) is 13.2 Å². The van der Waals surface area contributed by atoms with E-state index >= 15 is 0 Å². The number of furan rings is 1. The van der Waals surface area contributed by atoms with Gasteiger partial charge in [-0.15, -0.1) is 11.8 Å². The summed E-state index contributed by atoms with van der Waals surface area (Å²) in [4.78, 5) is 2.52. The van der Waals surface area contributed by atoms with Crippen LogP contribution in [0.15, 0.2) is 65.1 Å². The predicted octanol–water partition coefficient (Wildman–Crippen LogP) is 6.20. The molecule has 2 aliphatic heterocycles. The first-order chi connectivity index (χ1) is 15.0. The molecule has 0 spiro atoms. The van der Waals surface area contributed by atoms with Gasteiger partial charge in [0.2, 0.25) is 0 Å². The predicted molar refractivity (Wildman–Crippen MR) is 127 cm³/mol. The maximum absolute atomic E-state index is 6.41. The van der Waals surface area contributed by atoms with Gasteiger partial charge in [0.25, 0.3) is 0 Å². The molecule has 2 saturated heterocycles. The van der Waals surface area contributed by atoms with E-state index in [0.717, 1.165) is 39.4 Å². The van der Waals surface area contributed by atoms with Crippen LogP contribution in [0.4, 0.5) is 0 Å². The molecule has 2 aromatic carbocycles. The van der Waals surface area contributed by atoms with Crippen LogP contribution in [0.1, 0.15) is 34.2 Å². The molecule has 0 amide bonds. The molecule has 2 aliphatic rings. The van der Waals surface area contributed by atoms with Crippen LogP contribution in [-0.4, -0.2) is 29.3 Å². The number of thioether (sulfide) groups is 1. The lowest BCUT2D eigenvalue weighted by Crippen LogP contribution is -2.51. The van der Waals surface area contributed by atoms with E-state index in [1.165, 1.54) is 5.56 Å². The van der Waals surface area contributed by atoms with Crippen LogP contribution in [0.5, 0.6) is 0 Å². The Morgan fingerprint density at radius 1 is 1.00 bits per heavy atom. The highest BCUT2D eigenvalue weighted by atomic mass is 35.5. The third kappa shape index (κ3) is 4.28. The number of nitrogens with one attached hydrogen (secondary N) is 1. The number of ether oxygens (including phenoxy) is 1. The summed E-state index contributed by atoms with van der Waals surface area (Å²) in [6, 6.07) is 20.2. The van der Waals surface area contributed by atoms with E-state index < -0.39 is 0 Å². The Morgan fingerprint density at radius 2 is 1.68 bits per heavy atom. The summed E-state index contributed by atoms with van der Waals surface area (Å²) >= 11 is 14.2. The maximum atomic E-state index is 6.41. The van der Waals surface area contributed by atoms with Crippen LogP contribution in [-0.2, 0) is 11.3 Å². The fourth-order valence-corrected chi connectivity index (χ4v) is 6.30. The molecule has 2 fully saturated rings. The van der Waals surface area contributed by atoms with E-state index in [2.05, 4.69) is 34.5 Å². The molecule has 1 N–H and O–H groups in total. The van der Waals surface area contributed by atoms with Crippen molar-refractivity contribution in [2.24, 2.45) is 0 Å². The van der Waals surface area contributed by atoms with Crippen LogP contribution in [0, 0.1) is 6.92 Å². The summed E-state index contributed by atoms with van der Waals surface area (Å²) in [7, 11) is 0. The molecule has 3 atom stereocenters. The molecule has 0 unspecified atom stereocenters. The average molecular weight is 475 g/mol. The minimum atomic E-state index is -0.124. The summed E-state index contributed by atoms with van der Waals surface area (Å²) in [5.41, 5.74) is 2.25. The third-order valence-corrected chi connectivity index (χ3v) is 7.96. The van der Waals surface area contributed by atoms with Gasteiger partial charge in [0.1, 0.15) is 17.7 Å². The molecule has 1 aromatic heterocycles. The first-order valence-electron chi connectivity index (χ1n) is 10.3. The van der Waals surface area contributed by atoms with Crippen LogP contribution >= 0.6 is 35.0 Å². The van der Waals surface area contributed by atoms with Gasteiger partial charge in [-0.1, -0.05) is 47.5 Å². The van der Waals surface area contributed by atoms with E-state index in [1.54, 1.807) is 0 Å². The molecule has 3 heterocycles. The topological polar surface area (TPSA) is 37.6 Å². The Balaban J connectivity index is 1.42. The van der Waals surface area contributed by atoms with Crippen molar-refractivity contribution in [1.29, 1.82) is 0 Å². The molecular formula is C24H24Cl2N2O2S. The second-order valence-electron chi connectivity index (χ2n) is 8.18. The maximum Gasteiger partial charge on any atom is 0.138 e. The van der Waals surface area contributed by atoms with Gasteiger partial charge in [-0.2, -0.15) is 0 Å². The lowest BCUT2D eigenvalue weighted by Gasteiger charge is -2.35. The number of rotatable bonds is 6. The minimum Gasteiger partial charge on any atom is -0.465 e. The standard InChI is InChI=1S/C24H24Cl2N2O2S/c1-16-2-11-21(30-16)12-27-13-24-14-29-22(17-3-7-19(25)8-4-17)28(24)23(31-15-24)18-5-9-20(26)10-6-18/h2-11,22-23,27H,12-15H2,1H3/t22-,23-,24+/m1/s1. The zero-order valence-corrected chi connectivity index (χ0v) is 19.5. The number of benzene rings is 2. The number of nitrogens with zero attached hydrogens (tertiary/aromatic N) is 1. The Morgan fingerprint density at radius 3 is 2.32 bits per heavy atom. The summed E-state index contributed by atoms with van der Waals surface area (Å²) in [6.45, 7) is 4.15. The monoisotopic (exact) mass is 474 g/mol. The second kappa shape index (κ2) is 8.81. The number of hydrogen-bond acceptors (Lipinski definition) is 5. The van der Waals surface area contributed by atoms with Gasteiger partial charge in [-0.25, -0.2) is 4.90 Å². The quantitative estimate of drug-likeness (QED) is 0.460. The molecular weight excluding hydrogens is 451 g/mol. The average Bonchev–Trinajstić information content (AvgIpc) is 3.44. The third-order valence-electron chi connectivity index (χ3n) is 5.93. The first kappa shape index (κ1) is 21.4. The van der Waals surface area contributed by atoms with Crippen LogP contribution in [0.2, 0.25) is 10.0 Å². The molecule has 0 radical (unpaired) electrons. The number of halogens is 2. The SMILES string of the molecule is Cc1ccc(CNC[C@@]23CO[C@H](c4ccc(Cl)cc4)N2[C@@H](c2ccc(Cl)cc2)SC3)o1. The van der Waals surface area contributed by atoms with E-state index in [1.807, 2.05) is 55.1 Å². The van der Waals surface area contributed by atoms with Gasteiger partial charge in [-0.3, -0.25) is 0 Å². The molecule has 7 heteroatoms. The second-order valence-corrected chi connectivity index (χ2v) is 10.1. The van der Waals surface area contributed by atoms with Crippen molar-refractivity contribution < 1.29 is 9.15 Å². The Kier molecular flexibility index (Phi) is 6.08. The Labute approximate surface area is 196 Å². The molecule has 162 valence electrons. The highest BCUT2D eigenvalue weighted by Gasteiger charge is 2.55. The minimum absolute atomic E-state index is 0.110. The van der Waals surface area contributed by atoms with Gasteiger partial charge in [0, 0.05) is 22.3 Å². The van der Waals surface area contributed by atoms with Crippen molar-refractivity contribution in [3.05, 3.63) is 93.4 Å².